The minimum atomic E-state index is -0.888. The van der Waals surface area contributed by atoms with Gasteiger partial charge in [0, 0.05) is 15.6 Å². The number of hydrogen-bond donors (Lipinski definition) is 1. The van der Waals surface area contributed by atoms with Crippen LogP contribution in [0.5, 0.6) is 5.75 Å². The van der Waals surface area contributed by atoms with Crippen molar-refractivity contribution in [1.82, 2.24) is 5.32 Å². The van der Waals surface area contributed by atoms with Gasteiger partial charge in [-0.2, -0.15) is 0 Å². The fraction of sp³-hybridized carbons (Fsp3) is 0.0417. The van der Waals surface area contributed by atoms with Crippen LogP contribution >= 0.6 is 62.3 Å². The molecule has 0 spiro atoms. The van der Waals surface area contributed by atoms with Crippen LogP contribution in [0.2, 0.25) is 20.1 Å². The number of anilines is 1. The van der Waals surface area contributed by atoms with E-state index in [4.69, 9.17) is 51.1 Å². The van der Waals surface area contributed by atoms with Gasteiger partial charge in [-0.15, -0.1) is 0 Å². The molecule has 6 nitrogen and oxygen atoms in total. The highest BCUT2D eigenvalue weighted by atomic mass is 79.9. The number of barbiturate groups is 1. The third-order valence-corrected chi connectivity index (χ3v) is 6.87. The molecule has 0 atom stereocenters. The van der Waals surface area contributed by atoms with Crippen LogP contribution in [0, 0.1) is 0 Å². The van der Waals surface area contributed by atoms with Crippen molar-refractivity contribution >= 4 is 91.9 Å². The molecule has 35 heavy (non-hydrogen) atoms. The quantitative estimate of drug-likeness (QED) is 0.242. The van der Waals surface area contributed by atoms with Crippen LogP contribution in [0.4, 0.5) is 10.5 Å². The fourth-order valence-corrected chi connectivity index (χ4v) is 4.47. The summed E-state index contributed by atoms with van der Waals surface area (Å²) in [6.07, 6.45) is 1.37. The predicted molar refractivity (Wildman–Crippen MR) is 140 cm³/mol. The van der Waals surface area contributed by atoms with E-state index >= 15 is 0 Å². The summed E-state index contributed by atoms with van der Waals surface area (Å²) >= 11 is 27.5. The third kappa shape index (κ3) is 5.66. The molecule has 1 fully saturated rings. The van der Waals surface area contributed by atoms with E-state index in [0.717, 1.165) is 10.5 Å². The predicted octanol–water partition coefficient (Wildman–Crippen LogP) is 7.31. The molecule has 1 aliphatic rings. The van der Waals surface area contributed by atoms with Gasteiger partial charge in [0.2, 0.25) is 0 Å². The zero-order chi connectivity index (χ0) is 25.3. The van der Waals surface area contributed by atoms with Crippen LogP contribution in [0.1, 0.15) is 11.1 Å². The summed E-state index contributed by atoms with van der Waals surface area (Å²) in [5.74, 6) is -1.10. The Bertz CT molecular complexity index is 1410. The van der Waals surface area contributed by atoms with Crippen molar-refractivity contribution < 1.29 is 19.1 Å². The number of carbonyl (C=O) groups excluding carboxylic acids is 3. The summed E-state index contributed by atoms with van der Waals surface area (Å²) in [6, 6.07) is 13.5. The summed E-state index contributed by atoms with van der Waals surface area (Å²) in [5, 5.41) is 3.59. The zero-order valence-electron chi connectivity index (χ0n) is 17.5. The summed E-state index contributed by atoms with van der Waals surface area (Å²) in [7, 11) is 0. The summed E-state index contributed by atoms with van der Waals surface area (Å²) in [6.45, 7) is 0.205. The Kier molecular flexibility index (Phi) is 7.73. The molecule has 1 saturated heterocycles. The number of urea groups is 1. The monoisotopic (exact) mass is 612 g/mol. The molecule has 1 aliphatic heterocycles. The SMILES string of the molecule is O=C1NC(=O)N(c2ccc(Cl)c(Cl)c2)C(=O)/C1=C/c1ccc(OCc2ccc(Cl)cc2Cl)c(Br)c1. The maximum Gasteiger partial charge on any atom is 0.335 e. The van der Waals surface area contributed by atoms with Crippen molar-refractivity contribution in [2.45, 2.75) is 6.61 Å². The molecule has 0 aliphatic carbocycles. The highest BCUT2D eigenvalue weighted by Gasteiger charge is 2.37. The lowest BCUT2D eigenvalue weighted by molar-refractivity contribution is -0.122. The van der Waals surface area contributed by atoms with Gasteiger partial charge in [-0.3, -0.25) is 14.9 Å². The molecular weight excluding hydrogens is 602 g/mol. The Morgan fingerprint density at radius 1 is 0.886 bits per heavy atom. The molecule has 0 aromatic heterocycles. The second-order valence-corrected chi connectivity index (χ2v) is 9.78. The lowest BCUT2D eigenvalue weighted by Gasteiger charge is -2.26. The molecule has 11 heteroatoms. The van der Waals surface area contributed by atoms with Gasteiger partial charge in [0.25, 0.3) is 11.8 Å². The van der Waals surface area contributed by atoms with Gasteiger partial charge in [0.1, 0.15) is 17.9 Å². The largest absolute Gasteiger partial charge is 0.488 e. The Morgan fingerprint density at radius 2 is 1.66 bits per heavy atom. The summed E-state index contributed by atoms with van der Waals surface area (Å²) in [5.41, 5.74) is 1.22. The smallest absolute Gasteiger partial charge is 0.335 e. The van der Waals surface area contributed by atoms with Gasteiger partial charge in [-0.1, -0.05) is 58.5 Å². The van der Waals surface area contributed by atoms with Crippen LogP contribution in [0.3, 0.4) is 0 Å². The Hall–Kier alpha value is -2.55. The first kappa shape index (κ1) is 25.5. The molecule has 0 radical (unpaired) electrons. The van der Waals surface area contributed by atoms with E-state index in [2.05, 4.69) is 21.2 Å². The number of amides is 4. The molecule has 4 rings (SSSR count). The van der Waals surface area contributed by atoms with Gasteiger partial charge in [-0.05, 0) is 70.0 Å². The highest BCUT2D eigenvalue weighted by molar-refractivity contribution is 9.10. The van der Waals surface area contributed by atoms with Crippen LogP contribution in [0.25, 0.3) is 6.08 Å². The summed E-state index contributed by atoms with van der Waals surface area (Å²) in [4.78, 5) is 38.7. The minimum Gasteiger partial charge on any atom is -0.488 e. The standard InChI is InChI=1S/C24H13BrCl4N2O4/c25-17-8-12(1-6-21(17)35-11-13-2-3-14(26)9-19(13)28)7-16-22(32)30-24(34)31(23(16)33)15-4-5-18(27)20(29)10-15/h1-10H,11H2,(H,30,32,34)/b16-7+. The molecule has 1 heterocycles. The first-order valence-corrected chi connectivity index (χ1v) is 12.2. The molecule has 3 aromatic carbocycles. The molecule has 0 unspecified atom stereocenters. The molecule has 1 N–H and O–H groups in total. The Balaban J connectivity index is 1.57. The fourth-order valence-electron chi connectivity index (χ4n) is 3.20. The maximum atomic E-state index is 13.1. The van der Waals surface area contributed by atoms with E-state index in [-0.39, 0.29) is 27.9 Å². The number of benzene rings is 3. The van der Waals surface area contributed by atoms with Crippen molar-refractivity contribution in [3.63, 3.8) is 0 Å². The van der Waals surface area contributed by atoms with E-state index < -0.39 is 17.8 Å². The van der Waals surface area contributed by atoms with Crippen LogP contribution in [-0.4, -0.2) is 17.8 Å². The minimum absolute atomic E-state index is 0.159. The van der Waals surface area contributed by atoms with Crippen molar-refractivity contribution in [3.8, 4) is 5.75 Å². The number of hydrogen-bond acceptors (Lipinski definition) is 4. The van der Waals surface area contributed by atoms with E-state index in [1.165, 1.54) is 24.3 Å². The van der Waals surface area contributed by atoms with Gasteiger partial charge in [0.05, 0.1) is 20.2 Å². The van der Waals surface area contributed by atoms with E-state index in [1.807, 2.05) is 0 Å². The molecule has 178 valence electrons. The van der Waals surface area contributed by atoms with Crippen LogP contribution in [-0.2, 0) is 16.2 Å². The third-order valence-electron chi connectivity index (χ3n) is 4.93. The lowest BCUT2D eigenvalue weighted by Crippen LogP contribution is -2.54. The van der Waals surface area contributed by atoms with Crippen LogP contribution in [0.15, 0.2) is 64.6 Å². The maximum absolute atomic E-state index is 13.1. The zero-order valence-corrected chi connectivity index (χ0v) is 22.1. The number of halogens is 5. The molecule has 0 bridgehead atoms. The van der Waals surface area contributed by atoms with Crippen molar-refractivity contribution in [2.24, 2.45) is 0 Å². The molecule has 4 amide bonds. The average Bonchev–Trinajstić information content (AvgIpc) is 2.79. The number of rotatable bonds is 5. The normalized spacial score (nSPS) is 14.9. The van der Waals surface area contributed by atoms with Crippen molar-refractivity contribution in [2.75, 3.05) is 4.90 Å². The Labute approximate surface area is 228 Å². The van der Waals surface area contributed by atoms with Gasteiger partial charge in [0.15, 0.2) is 0 Å². The number of nitrogens with zero attached hydrogens (tertiary/aromatic N) is 1. The van der Waals surface area contributed by atoms with Gasteiger partial charge >= 0.3 is 6.03 Å². The number of nitrogens with one attached hydrogen (secondary N) is 1. The van der Waals surface area contributed by atoms with E-state index in [1.54, 1.807) is 36.4 Å². The number of imide groups is 2. The van der Waals surface area contributed by atoms with Gasteiger partial charge < -0.3 is 4.74 Å². The number of carbonyl (C=O) groups is 3. The average molecular weight is 615 g/mol. The van der Waals surface area contributed by atoms with Crippen molar-refractivity contribution in [1.29, 1.82) is 0 Å². The van der Waals surface area contributed by atoms with E-state index in [0.29, 0.717) is 25.8 Å². The van der Waals surface area contributed by atoms with E-state index in [9.17, 15) is 14.4 Å². The van der Waals surface area contributed by atoms with Gasteiger partial charge in [-0.25, -0.2) is 9.69 Å². The Morgan fingerprint density at radius 3 is 2.34 bits per heavy atom. The first-order valence-electron chi connectivity index (χ1n) is 9.87. The second-order valence-electron chi connectivity index (χ2n) is 7.27. The first-order chi connectivity index (χ1) is 16.6. The highest BCUT2D eigenvalue weighted by Crippen LogP contribution is 2.31. The summed E-state index contributed by atoms with van der Waals surface area (Å²) < 4.78 is 6.40. The van der Waals surface area contributed by atoms with Crippen LogP contribution < -0.4 is 15.0 Å². The number of ether oxygens (including phenoxy) is 1. The molecule has 0 saturated carbocycles. The topological polar surface area (TPSA) is 75.7 Å². The molecule has 3 aromatic rings. The second kappa shape index (κ2) is 10.6. The molecular formula is C24H13BrCl4N2O4. The lowest BCUT2D eigenvalue weighted by atomic mass is 10.1. The van der Waals surface area contributed by atoms with Crippen molar-refractivity contribution in [3.05, 3.63) is 95.9 Å².